The molecule has 0 unspecified atom stereocenters. The van der Waals surface area contributed by atoms with Crippen molar-refractivity contribution < 1.29 is 4.79 Å². The van der Waals surface area contributed by atoms with E-state index in [0.717, 1.165) is 43.6 Å². The Balaban J connectivity index is 1.48. The molecule has 0 spiro atoms. The SMILES string of the molecule is CCc1cncc(C2=CC[C@H]3[C@@H]4CC=C5N(CC)C(=O)CC[C@]5(C)[C@H]4CC[C@]23C)n1. The maximum atomic E-state index is 12.5. The second-order valence-electron chi connectivity index (χ2n) is 10.3. The molecule has 5 rings (SSSR count). The van der Waals surface area contributed by atoms with Gasteiger partial charge in [-0.1, -0.05) is 32.9 Å². The van der Waals surface area contributed by atoms with Crippen molar-refractivity contribution in [1.82, 2.24) is 14.9 Å². The number of rotatable bonds is 3. The zero-order valence-electron chi connectivity index (χ0n) is 18.9. The lowest BCUT2D eigenvalue weighted by atomic mass is 9.49. The summed E-state index contributed by atoms with van der Waals surface area (Å²) >= 11 is 0. The standard InChI is InChI=1S/C26H35N3O/c1-5-17-15-27-16-22(28-17)21-9-8-19-18-7-10-23-26(4,14-12-24(30)29(23)6-2)20(18)11-13-25(19,21)3/h9-10,15-16,18-20H,5-8,11-14H2,1-4H3/t18-,19-,20-,25-,26+/m0/s1. The topological polar surface area (TPSA) is 46.1 Å². The lowest BCUT2D eigenvalue weighted by Gasteiger charge is -2.58. The smallest absolute Gasteiger partial charge is 0.226 e. The van der Waals surface area contributed by atoms with Crippen LogP contribution in [0.1, 0.15) is 77.6 Å². The lowest BCUT2D eigenvalue weighted by Crippen LogP contribution is -2.54. The van der Waals surface area contributed by atoms with Crippen molar-refractivity contribution in [3.8, 4) is 0 Å². The van der Waals surface area contributed by atoms with Gasteiger partial charge < -0.3 is 4.90 Å². The normalized spacial score (nSPS) is 37.8. The number of amides is 1. The Morgan fingerprint density at radius 2 is 1.90 bits per heavy atom. The summed E-state index contributed by atoms with van der Waals surface area (Å²) < 4.78 is 0. The molecular weight excluding hydrogens is 370 g/mol. The van der Waals surface area contributed by atoms with E-state index in [1.165, 1.54) is 24.1 Å². The molecule has 1 saturated heterocycles. The van der Waals surface area contributed by atoms with Crippen LogP contribution in [0.5, 0.6) is 0 Å². The van der Waals surface area contributed by atoms with E-state index in [0.29, 0.717) is 30.1 Å². The third-order valence-corrected chi connectivity index (χ3v) is 9.09. The maximum absolute atomic E-state index is 12.5. The highest BCUT2D eigenvalue weighted by atomic mass is 16.2. The predicted molar refractivity (Wildman–Crippen MR) is 119 cm³/mol. The minimum Gasteiger partial charge on any atom is -0.316 e. The Morgan fingerprint density at radius 1 is 1.07 bits per heavy atom. The Labute approximate surface area is 180 Å². The molecule has 1 aliphatic heterocycles. The van der Waals surface area contributed by atoms with Crippen molar-refractivity contribution in [2.45, 2.75) is 72.6 Å². The number of piperidine rings is 1. The molecule has 0 radical (unpaired) electrons. The highest BCUT2D eigenvalue weighted by molar-refractivity contribution is 5.80. The van der Waals surface area contributed by atoms with Gasteiger partial charge in [-0.25, -0.2) is 4.98 Å². The van der Waals surface area contributed by atoms with Crippen LogP contribution < -0.4 is 0 Å². The van der Waals surface area contributed by atoms with Crippen molar-refractivity contribution >= 4 is 11.5 Å². The minimum atomic E-state index is 0.152. The molecule has 0 aromatic carbocycles. The summed E-state index contributed by atoms with van der Waals surface area (Å²) in [6, 6.07) is 0. The molecule has 1 aromatic rings. The molecule has 2 heterocycles. The molecule has 4 aliphatic rings. The molecule has 0 bridgehead atoms. The Morgan fingerprint density at radius 3 is 2.67 bits per heavy atom. The van der Waals surface area contributed by atoms with Gasteiger partial charge in [0, 0.05) is 30.3 Å². The third-order valence-electron chi connectivity index (χ3n) is 9.09. The molecule has 3 aliphatic carbocycles. The molecule has 1 saturated carbocycles. The average Bonchev–Trinajstić information content (AvgIpc) is 3.11. The van der Waals surface area contributed by atoms with E-state index in [9.17, 15) is 4.79 Å². The van der Waals surface area contributed by atoms with Crippen LogP contribution in [0.2, 0.25) is 0 Å². The van der Waals surface area contributed by atoms with E-state index in [1.54, 1.807) is 0 Å². The molecule has 30 heavy (non-hydrogen) atoms. The van der Waals surface area contributed by atoms with E-state index >= 15 is 0 Å². The number of hydrogen-bond acceptors (Lipinski definition) is 3. The van der Waals surface area contributed by atoms with Crippen LogP contribution in [0, 0.1) is 28.6 Å². The van der Waals surface area contributed by atoms with Crippen LogP contribution in [0.4, 0.5) is 0 Å². The van der Waals surface area contributed by atoms with Crippen molar-refractivity contribution in [3.05, 3.63) is 41.6 Å². The maximum Gasteiger partial charge on any atom is 0.226 e. The first kappa shape index (κ1) is 20.0. The summed E-state index contributed by atoms with van der Waals surface area (Å²) in [4.78, 5) is 24.0. The summed E-state index contributed by atoms with van der Waals surface area (Å²) in [6.45, 7) is 10.0. The fourth-order valence-electron chi connectivity index (χ4n) is 7.46. The Bertz CT molecular complexity index is 934. The van der Waals surface area contributed by atoms with Gasteiger partial charge in [-0.2, -0.15) is 0 Å². The molecule has 160 valence electrons. The van der Waals surface area contributed by atoms with Crippen LogP contribution in [0.3, 0.4) is 0 Å². The summed E-state index contributed by atoms with van der Waals surface area (Å²) in [7, 11) is 0. The first-order valence-corrected chi connectivity index (χ1v) is 11.9. The summed E-state index contributed by atoms with van der Waals surface area (Å²) in [5, 5.41) is 0. The van der Waals surface area contributed by atoms with Gasteiger partial charge in [-0.05, 0) is 74.2 Å². The summed E-state index contributed by atoms with van der Waals surface area (Å²) in [5.74, 6) is 2.36. The van der Waals surface area contributed by atoms with Gasteiger partial charge in [0.05, 0.1) is 17.6 Å². The van der Waals surface area contributed by atoms with Gasteiger partial charge in [0.25, 0.3) is 0 Å². The summed E-state index contributed by atoms with van der Waals surface area (Å²) in [6.07, 6.45) is 16.1. The molecule has 0 N–H and O–H groups in total. The fraction of sp³-hybridized carbons (Fsp3) is 0.654. The average molecular weight is 406 g/mol. The van der Waals surface area contributed by atoms with Crippen LogP contribution >= 0.6 is 0 Å². The number of hydrogen-bond donors (Lipinski definition) is 0. The number of aryl methyl sites for hydroxylation is 1. The van der Waals surface area contributed by atoms with E-state index in [4.69, 9.17) is 4.98 Å². The van der Waals surface area contributed by atoms with E-state index in [1.807, 2.05) is 12.4 Å². The fourth-order valence-corrected chi connectivity index (χ4v) is 7.46. The highest BCUT2D eigenvalue weighted by Gasteiger charge is 2.58. The third kappa shape index (κ3) is 2.68. The van der Waals surface area contributed by atoms with E-state index in [2.05, 4.69) is 49.7 Å². The van der Waals surface area contributed by atoms with Crippen LogP contribution in [-0.2, 0) is 11.2 Å². The summed E-state index contributed by atoms with van der Waals surface area (Å²) in [5.41, 5.74) is 5.29. The van der Waals surface area contributed by atoms with Crippen molar-refractivity contribution in [2.24, 2.45) is 28.6 Å². The molecule has 2 fully saturated rings. The number of fused-ring (bicyclic) bond motifs is 5. The number of aromatic nitrogens is 2. The molecule has 4 heteroatoms. The number of allylic oxidation sites excluding steroid dienone is 4. The second kappa shape index (κ2) is 7.03. The molecule has 1 amide bonds. The zero-order chi connectivity index (χ0) is 21.1. The first-order valence-electron chi connectivity index (χ1n) is 11.9. The molecular formula is C26H35N3O. The van der Waals surface area contributed by atoms with Crippen LogP contribution in [-0.4, -0.2) is 27.3 Å². The Kier molecular flexibility index (Phi) is 4.68. The molecule has 1 aromatic heterocycles. The van der Waals surface area contributed by atoms with Crippen molar-refractivity contribution in [2.75, 3.05) is 6.54 Å². The van der Waals surface area contributed by atoms with Gasteiger partial charge in [-0.3, -0.25) is 9.78 Å². The van der Waals surface area contributed by atoms with Gasteiger partial charge >= 0.3 is 0 Å². The van der Waals surface area contributed by atoms with Crippen LogP contribution in [0.25, 0.3) is 5.57 Å². The van der Waals surface area contributed by atoms with Crippen molar-refractivity contribution in [1.29, 1.82) is 0 Å². The van der Waals surface area contributed by atoms with Gasteiger partial charge in [0.15, 0.2) is 0 Å². The number of likely N-dealkylation sites (tertiary alicyclic amines) is 1. The largest absolute Gasteiger partial charge is 0.316 e. The van der Waals surface area contributed by atoms with Gasteiger partial charge in [0.1, 0.15) is 0 Å². The molecule has 5 atom stereocenters. The van der Waals surface area contributed by atoms with Gasteiger partial charge in [0.2, 0.25) is 5.91 Å². The van der Waals surface area contributed by atoms with E-state index in [-0.39, 0.29) is 10.8 Å². The highest BCUT2D eigenvalue weighted by Crippen LogP contribution is 2.65. The second-order valence-corrected chi connectivity index (χ2v) is 10.3. The monoisotopic (exact) mass is 405 g/mol. The Hall–Kier alpha value is -1.97. The van der Waals surface area contributed by atoms with Crippen molar-refractivity contribution in [3.63, 3.8) is 0 Å². The van der Waals surface area contributed by atoms with Gasteiger partial charge in [-0.15, -0.1) is 0 Å². The minimum absolute atomic E-state index is 0.152. The number of carbonyl (C=O) groups excluding carboxylic acids is 1. The zero-order valence-corrected chi connectivity index (χ0v) is 18.9. The number of carbonyl (C=O) groups is 1. The van der Waals surface area contributed by atoms with E-state index < -0.39 is 0 Å². The first-order chi connectivity index (χ1) is 14.4. The molecule has 4 nitrogen and oxygen atoms in total. The van der Waals surface area contributed by atoms with Crippen LogP contribution in [0.15, 0.2) is 30.2 Å². The number of nitrogens with zero attached hydrogens (tertiary/aromatic N) is 3. The lowest BCUT2D eigenvalue weighted by molar-refractivity contribution is -0.136. The predicted octanol–water partition coefficient (Wildman–Crippen LogP) is 5.41. The quantitative estimate of drug-likeness (QED) is 0.675.